The van der Waals surface area contributed by atoms with Crippen molar-refractivity contribution in [1.82, 2.24) is 9.97 Å². The summed E-state index contributed by atoms with van der Waals surface area (Å²) in [7, 11) is 0. The third-order valence-corrected chi connectivity index (χ3v) is 6.56. The number of rotatable bonds is 7. The van der Waals surface area contributed by atoms with Gasteiger partial charge in [0.1, 0.15) is 5.82 Å². The first kappa shape index (κ1) is 25.2. The predicted octanol–water partition coefficient (Wildman–Crippen LogP) is 6.67. The van der Waals surface area contributed by atoms with Crippen LogP contribution >= 0.6 is 23.5 Å². The highest BCUT2D eigenvalue weighted by Gasteiger charge is 2.34. The maximum absolute atomic E-state index is 13.6. The van der Waals surface area contributed by atoms with Crippen LogP contribution in [-0.2, 0) is 0 Å². The number of hydrogen-bond donors (Lipinski definition) is 2. The minimum absolute atomic E-state index is 0.133. The van der Waals surface area contributed by atoms with Crippen molar-refractivity contribution in [3.63, 3.8) is 0 Å². The minimum atomic E-state index is -2.65. The van der Waals surface area contributed by atoms with Gasteiger partial charge in [-0.1, -0.05) is 42.6 Å². The fourth-order valence-electron chi connectivity index (χ4n) is 3.83. The van der Waals surface area contributed by atoms with Gasteiger partial charge in [0.05, 0.1) is 0 Å². The highest BCUT2D eigenvalue weighted by atomic mass is 35.5. The van der Waals surface area contributed by atoms with Gasteiger partial charge in [-0.2, -0.15) is 4.98 Å². The van der Waals surface area contributed by atoms with Gasteiger partial charge < -0.3 is 9.62 Å². The zero-order valence-electron chi connectivity index (χ0n) is 19.4. The number of piperidine rings is 1. The second-order valence-corrected chi connectivity index (χ2v) is 9.80. The van der Waals surface area contributed by atoms with Crippen molar-refractivity contribution in [3.8, 4) is 11.1 Å². The first-order chi connectivity index (χ1) is 16.7. The summed E-state index contributed by atoms with van der Waals surface area (Å²) < 4.78 is 30.4. The average molecular weight is 518 g/mol. The van der Waals surface area contributed by atoms with E-state index in [1.807, 2.05) is 31.2 Å². The number of benzene rings is 2. The van der Waals surface area contributed by atoms with Crippen LogP contribution in [0.5, 0.6) is 0 Å². The lowest BCUT2D eigenvalue weighted by Crippen LogP contribution is -2.39. The summed E-state index contributed by atoms with van der Waals surface area (Å²) in [5.74, 6) is -1.47. The minimum Gasteiger partial charge on any atom is -0.356 e. The Kier molecular flexibility index (Phi) is 7.76. The molecular weight excluding hydrogens is 492 g/mol. The van der Waals surface area contributed by atoms with Gasteiger partial charge in [0, 0.05) is 59.7 Å². The van der Waals surface area contributed by atoms with E-state index < -0.39 is 5.92 Å². The lowest BCUT2D eigenvalue weighted by molar-refractivity contribution is -0.0221. The molecule has 10 heteroatoms. The van der Waals surface area contributed by atoms with Crippen LogP contribution in [0.25, 0.3) is 11.1 Å². The standard InChI is InChI=1S/C25H26ClF2N5OS/c1-3-35-32-19-8-9-20(21(15-19)17-4-6-18(26)7-5-17)23(34)31-24-29-16(2)14-22(30-24)33-12-10-25(27,28)11-13-33/h4-9,14-15,32H,3,10-13H2,1-2H3,(H,29,30,31,34). The smallest absolute Gasteiger partial charge is 0.258 e. The topological polar surface area (TPSA) is 70.2 Å². The molecule has 1 saturated heterocycles. The Hall–Kier alpha value is -2.91. The molecule has 0 bridgehead atoms. The van der Waals surface area contributed by atoms with Gasteiger partial charge in [-0.05, 0) is 48.4 Å². The molecule has 0 aliphatic carbocycles. The molecule has 0 spiro atoms. The number of aryl methyl sites for hydroxylation is 1. The van der Waals surface area contributed by atoms with Crippen molar-refractivity contribution in [2.45, 2.75) is 32.6 Å². The van der Waals surface area contributed by atoms with Gasteiger partial charge in [-0.3, -0.25) is 10.1 Å². The quantitative estimate of drug-likeness (QED) is 0.341. The summed E-state index contributed by atoms with van der Waals surface area (Å²) >= 11 is 7.62. The van der Waals surface area contributed by atoms with E-state index >= 15 is 0 Å². The SMILES string of the molecule is CCSNc1ccc(C(=O)Nc2nc(C)cc(N3CCC(F)(F)CC3)n2)c(-c2ccc(Cl)cc2)c1. The Morgan fingerprint density at radius 3 is 2.51 bits per heavy atom. The molecule has 0 unspecified atom stereocenters. The van der Waals surface area contributed by atoms with Crippen molar-refractivity contribution >= 4 is 46.9 Å². The molecule has 0 saturated carbocycles. The van der Waals surface area contributed by atoms with Crippen molar-refractivity contribution in [1.29, 1.82) is 0 Å². The first-order valence-corrected chi connectivity index (χ1v) is 12.7. The fraction of sp³-hybridized carbons (Fsp3) is 0.320. The zero-order valence-corrected chi connectivity index (χ0v) is 21.0. The second-order valence-electron chi connectivity index (χ2n) is 8.29. The van der Waals surface area contributed by atoms with Crippen molar-refractivity contribution < 1.29 is 13.6 Å². The molecule has 1 fully saturated rings. The number of nitrogens with one attached hydrogen (secondary N) is 2. The maximum Gasteiger partial charge on any atom is 0.258 e. The molecule has 1 aliphatic heterocycles. The van der Waals surface area contributed by atoms with Crippen LogP contribution in [0.15, 0.2) is 48.5 Å². The largest absolute Gasteiger partial charge is 0.356 e. The number of carbonyl (C=O) groups excluding carboxylic acids is 1. The molecule has 4 rings (SSSR count). The third kappa shape index (κ3) is 6.41. The molecule has 1 aliphatic rings. The summed E-state index contributed by atoms with van der Waals surface area (Å²) in [5.41, 5.74) is 3.52. The molecular formula is C25H26ClF2N5OS. The molecule has 2 heterocycles. The predicted molar refractivity (Wildman–Crippen MR) is 140 cm³/mol. The van der Waals surface area contributed by atoms with E-state index in [1.165, 1.54) is 0 Å². The van der Waals surface area contributed by atoms with Gasteiger partial charge in [-0.15, -0.1) is 0 Å². The fourth-order valence-corrected chi connectivity index (χ4v) is 4.40. The molecule has 1 aromatic heterocycles. The van der Waals surface area contributed by atoms with Crippen LogP contribution in [-0.4, -0.2) is 40.6 Å². The number of amides is 1. The van der Waals surface area contributed by atoms with E-state index in [0.717, 1.165) is 22.6 Å². The Labute approximate surface area is 212 Å². The Morgan fingerprint density at radius 1 is 1.11 bits per heavy atom. The van der Waals surface area contributed by atoms with E-state index in [1.54, 1.807) is 48.0 Å². The van der Waals surface area contributed by atoms with Crippen LogP contribution in [0.1, 0.15) is 35.8 Å². The number of aromatic nitrogens is 2. The summed E-state index contributed by atoms with van der Waals surface area (Å²) in [6.07, 6.45) is -0.447. The normalized spacial score (nSPS) is 15.1. The van der Waals surface area contributed by atoms with Crippen LogP contribution in [0.3, 0.4) is 0 Å². The Morgan fingerprint density at radius 2 is 1.83 bits per heavy atom. The van der Waals surface area contributed by atoms with E-state index in [2.05, 4.69) is 20.0 Å². The van der Waals surface area contributed by atoms with Gasteiger partial charge >= 0.3 is 0 Å². The molecule has 6 nitrogen and oxygen atoms in total. The number of carbonyl (C=O) groups is 1. The van der Waals surface area contributed by atoms with Crippen LogP contribution in [0, 0.1) is 6.92 Å². The Balaban J connectivity index is 1.61. The molecule has 2 aromatic carbocycles. The number of hydrogen-bond acceptors (Lipinski definition) is 6. The number of halogens is 3. The van der Waals surface area contributed by atoms with E-state index in [0.29, 0.717) is 22.1 Å². The number of alkyl halides is 2. The number of anilines is 3. The van der Waals surface area contributed by atoms with Gasteiger partial charge in [0.2, 0.25) is 5.95 Å². The van der Waals surface area contributed by atoms with Crippen LogP contribution < -0.4 is 14.9 Å². The van der Waals surface area contributed by atoms with Crippen LogP contribution in [0.2, 0.25) is 5.02 Å². The lowest BCUT2D eigenvalue weighted by Gasteiger charge is -2.32. The molecule has 35 heavy (non-hydrogen) atoms. The molecule has 3 aromatic rings. The van der Waals surface area contributed by atoms with E-state index in [9.17, 15) is 13.6 Å². The molecule has 2 N–H and O–H groups in total. The summed E-state index contributed by atoms with van der Waals surface area (Å²) in [4.78, 5) is 23.9. The van der Waals surface area contributed by atoms with E-state index in [-0.39, 0.29) is 37.8 Å². The van der Waals surface area contributed by atoms with Gasteiger partial charge in [-0.25, -0.2) is 13.8 Å². The van der Waals surface area contributed by atoms with Crippen molar-refractivity contribution in [2.75, 3.05) is 33.8 Å². The van der Waals surface area contributed by atoms with E-state index in [4.69, 9.17) is 11.6 Å². The average Bonchev–Trinajstić information content (AvgIpc) is 2.82. The third-order valence-electron chi connectivity index (χ3n) is 5.64. The maximum atomic E-state index is 13.6. The van der Waals surface area contributed by atoms with Crippen molar-refractivity contribution in [3.05, 3.63) is 64.8 Å². The highest BCUT2D eigenvalue weighted by molar-refractivity contribution is 8.00. The molecule has 0 radical (unpaired) electrons. The lowest BCUT2D eigenvalue weighted by atomic mass is 9.98. The summed E-state index contributed by atoms with van der Waals surface area (Å²) in [5, 5.41) is 3.39. The Bertz CT molecular complexity index is 1200. The summed E-state index contributed by atoms with van der Waals surface area (Å²) in [6.45, 7) is 4.22. The zero-order chi connectivity index (χ0) is 25.0. The molecule has 0 atom stereocenters. The monoisotopic (exact) mass is 517 g/mol. The highest BCUT2D eigenvalue weighted by Crippen LogP contribution is 2.31. The number of nitrogens with zero attached hydrogens (tertiary/aromatic N) is 3. The second kappa shape index (κ2) is 10.8. The molecule has 1 amide bonds. The van der Waals surface area contributed by atoms with Gasteiger partial charge in [0.15, 0.2) is 0 Å². The van der Waals surface area contributed by atoms with Gasteiger partial charge in [0.25, 0.3) is 11.8 Å². The first-order valence-electron chi connectivity index (χ1n) is 11.3. The van der Waals surface area contributed by atoms with Crippen molar-refractivity contribution in [2.24, 2.45) is 0 Å². The summed E-state index contributed by atoms with van der Waals surface area (Å²) in [6, 6.07) is 14.5. The van der Waals surface area contributed by atoms with Crippen LogP contribution in [0.4, 0.5) is 26.2 Å². The molecule has 184 valence electrons.